The van der Waals surface area contributed by atoms with Crippen molar-refractivity contribution in [2.75, 3.05) is 6.54 Å². The van der Waals surface area contributed by atoms with Crippen molar-refractivity contribution in [3.05, 3.63) is 71.5 Å². The molecule has 2 aromatic rings. The Hall–Kier alpha value is -2.16. The molecule has 0 saturated carbocycles. The van der Waals surface area contributed by atoms with E-state index in [-0.39, 0.29) is 17.6 Å². The Labute approximate surface area is 125 Å². The quantitative estimate of drug-likeness (QED) is 0.862. The number of hydrogen-bond acceptors (Lipinski definition) is 1. The Morgan fingerprint density at radius 2 is 1.90 bits per heavy atom. The fourth-order valence-corrected chi connectivity index (χ4v) is 2.29. The third kappa shape index (κ3) is 5.03. The van der Waals surface area contributed by atoms with E-state index < -0.39 is 0 Å². The highest BCUT2D eigenvalue weighted by atomic mass is 19.1. The van der Waals surface area contributed by atoms with Gasteiger partial charge >= 0.3 is 0 Å². The molecule has 110 valence electrons. The summed E-state index contributed by atoms with van der Waals surface area (Å²) in [5.74, 6) is -0.0142. The van der Waals surface area contributed by atoms with Crippen LogP contribution in [0.25, 0.3) is 0 Å². The first-order chi connectivity index (χ1) is 10.1. The van der Waals surface area contributed by atoms with Gasteiger partial charge in [-0.15, -0.1) is 0 Å². The van der Waals surface area contributed by atoms with Crippen LogP contribution in [-0.4, -0.2) is 12.5 Å². The molecule has 21 heavy (non-hydrogen) atoms. The second-order valence-corrected chi connectivity index (χ2v) is 5.25. The summed E-state index contributed by atoms with van der Waals surface area (Å²) in [5.41, 5.74) is 2.06. The predicted octanol–water partition coefficient (Wildman–Crippen LogP) is 3.68. The van der Waals surface area contributed by atoms with Crippen LogP contribution in [0.1, 0.15) is 30.4 Å². The molecule has 2 aromatic carbocycles. The highest BCUT2D eigenvalue weighted by Crippen LogP contribution is 2.17. The lowest BCUT2D eigenvalue weighted by Crippen LogP contribution is -2.26. The van der Waals surface area contributed by atoms with Crippen LogP contribution in [0.15, 0.2) is 54.6 Å². The van der Waals surface area contributed by atoms with E-state index in [1.807, 2.05) is 43.3 Å². The largest absolute Gasteiger partial charge is 0.356 e. The minimum Gasteiger partial charge on any atom is -0.356 e. The second kappa shape index (κ2) is 7.58. The lowest BCUT2D eigenvalue weighted by atomic mass is 9.97. The van der Waals surface area contributed by atoms with Crippen LogP contribution in [0.4, 0.5) is 4.39 Å². The molecule has 0 aliphatic heterocycles. The number of nitrogens with one attached hydrogen (secondary N) is 1. The first-order valence-electron chi connectivity index (χ1n) is 7.21. The van der Waals surface area contributed by atoms with Gasteiger partial charge in [0.05, 0.1) is 0 Å². The molecule has 0 bridgehead atoms. The van der Waals surface area contributed by atoms with E-state index in [1.54, 1.807) is 6.07 Å². The summed E-state index contributed by atoms with van der Waals surface area (Å²) in [6.07, 6.45) is 1.11. The van der Waals surface area contributed by atoms with Crippen molar-refractivity contribution in [1.29, 1.82) is 0 Å². The maximum Gasteiger partial charge on any atom is 0.220 e. The van der Waals surface area contributed by atoms with Gasteiger partial charge in [-0.25, -0.2) is 4.39 Å². The van der Waals surface area contributed by atoms with E-state index in [4.69, 9.17) is 0 Å². The first-order valence-corrected chi connectivity index (χ1v) is 7.21. The highest BCUT2D eigenvalue weighted by Gasteiger charge is 2.10. The Balaban J connectivity index is 1.75. The van der Waals surface area contributed by atoms with Gasteiger partial charge in [-0.2, -0.15) is 0 Å². The minimum atomic E-state index is -0.239. The zero-order chi connectivity index (χ0) is 15.1. The molecule has 0 aliphatic rings. The number of carbonyl (C=O) groups excluding carboxylic acids is 1. The van der Waals surface area contributed by atoms with Gasteiger partial charge < -0.3 is 5.32 Å². The average Bonchev–Trinajstić information content (AvgIpc) is 2.48. The maximum atomic E-state index is 13.0. The van der Waals surface area contributed by atoms with Crippen molar-refractivity contribution < 1.29 is 9.18 Å². The van der Waals surface area contributed by atoms with Gasteiger partial charge in [-0.05, 0) is 35.6 Å². The molecular weight excluding hydrogens is 265 g/mol. The number of hydrogen-bond donors (Lipinski definition) is 1. The van der Waals surface area contributed by atoms with Crippen LogP contribution in [0.3, 0.4) is 0 Å². The Kier molecular flexibility index (Phi) is 5.50. The fraction of sp³-hybridized carbons (Fsp3) is 0.278. The summed E-state index contributed by atoms with van der Waals surface area (Å²) < 4.78 is 13.0. The van der Waals surface area contributed by atoms with Gasteiger partial charge in [0.2, 0.25) is 5.91 Å². The van der Waals surface area contributed by atoms with Crippen molar-refractivity contribution in [1.82, 2.24) is 5.32 Å². The van der Waals surface area contributed by atoms with Crippen molar-refractivity contribution in [2.45, 2.75) is 25.7 Å². The summed E-state index contributed by atoms with van der Waals surface area (Å²) >= 11 is 0. The molecule has 0 fully saturated rings. The Morgan fingerprint density at radius 3 is 2.62 bits per heavy atom. The van der Waals surface area contributed by atoms with Crippen LogP contribution in [0.5, 0.6) is 0 Å². The van der Waals surface area contributed by atoms with Crippen LogP contribution in [-0.2, 0) is 11.2 Å². The topological polar surface area (TPSA) is 29.1 Å². The van der Waals surface area contributed by atoms with Crippen molar-refractivity contribution >= 4 is 5.91 Å². The van der Waals surface area contributed by atoms with Crippen LogP contribution in [0.2, 0.25) is 0 Å². The van der Waals surface area contributed by atoms with E-state index in [2.05, 4.69) is 5.32 Å². The lowest BCUT2D eigenvalue weighted by molar-refractivity contribution is -0.121. The maximum absolute atomic E-state index is 13.0. The zero-order valence-electron chi connectivity index (χ0n) is 12.2. The number of benzene rings is 2. The lowest BCUT2D eigenvalue weighted by Gasteiger charge is -2.12. The summed E-state index contributed by atoms with van der Waals surface area (Å²) in [7, 11) is 0. The monoisotopic (exact) mass is 285 g/mol. The molecule has 1 N–H and O–H groups in total. The van der Waals surface area contributed by atoms with E-state index in [1.165, 1.54) is 12.1 Å². The van der Waals surface area contributed by atoms with E-state index in [0.717, 1.165) is 11.1 Å². The summed E-state index contributed by atoms with van der Waals surface area (Å²) in [6.45, 7) is 2.57. The molecule has 3 heteroatoms. The van der Waals surface area contributed by atoms with Gasteiger partial charge in [0.15, 0.2) is 0 Å². The molecule has 1 amide bonds. The first kappa shape index (κ1) is 15.2. The Bertz CT molecular complexity index is 583. The smallest absolute Gasteiger partial charge is 0.220 e. The van der Waals surface area contributed by atoms with E-state index in [9.17, 15) is 9.18 Å². The SMILES string of the molecule is CC(CC(=O)NCCc1cccc(F)c1)c1ccccc1. The molecule has 0 aliphatic carbocycles. The van der Waals surface area contributed by atoms with Crippen LogP contribution >= 0.6 is 0 Å². The van der Waals surface area contributed by atoms with Crippen molar-refractivity contribution in [3.63, 3.8) is 0 Å². The number of carbonyl (C=O) groups is 1. The van der Waals surface area contributed by atoms with Crippen LogP contribution in [0, 0.1) is 5.82 Å². The van der Waals surface area contributed by atoms with Crippen LogP contribution < -0.4 is 5.32 Å². The molecule has 2 nitrogen and oxygen atoms in total. The summed E-state index contributed by atoms with van der Waals surface area (Å²) in [6, 6.07) is 16.5. The normalized spacial score (nSPS) is 11.9. The molecule has 0 aromatic heterocycles. The van der Waals surface area contributed by atoms with Gasteiger partial charge in [0.25, 0.3) is 0 Å². The Morgan fingerprint density at radius 1 is 1.14 bits per heavy atom. The molecule has 0 radical (unpaired) electrons. The number of halogens is 1. The summed E-state index contributed by atoms with van der Waals surface area (Å²) in [4.78, 5) is 11.9. The summed E-state index contributed by atoms with van der Waals surface area (Å²) in [5, 5.41) is 2.89. The fourth-order valence-electron chi connectivity index (χ4n) is 2.29. The number of rotatable bonds is 6. The average molecular weight is 285 g/mol. The molecular formula is C18H20FNO. The zero-order valence-corrected chi connectivity index (χ0v) is 12.2. The van der Waals surface area contributed by atoms with Crippen molar-refractivity contribution in [3.8, 4) is 0 Å². The van der Waals surface area contributed by atoms with Gasteiger partial charge in [0.1, 0.15) is 5.82 Å². The molecule has 0 heterocycles. The second-order valence-electron chi connectivity index (χ2n) is 5.25. The standard InChI is InChI=1S/C18H20FNO/c1-14(16-7-3-2-4-8-16)12-18(21)20-11-10-15-6-5-9-17(19)13-15/h2-9,13-14H,10-12H2,1H3,(H,20,21). The van der Waals surface area contributed by atoms with E-state index >= 15 is 0 Å². The highest BCUT2D eigenvalue weighted by molar-refractivity contribution is 5.76. The number of amides is 1. The molecule has 0 spiro atoms. The van der Waals surface area contributed by atoms with Gasteiger partial charge in [-0.3, -0.25) is 4.79 Å². The van der Waals surface area contributed by atoms with Gasteiger partial charge in [0, 0.05) is 13.0 Å². The molecule has 1 atom stereocenters. The predicted molar refractivity (Wildman–Crippen MR) is 82.6 cm³/mol. The minimum absolute atomic E-state index is 0.0303. The third-order valence-corrected chi connectivity index (χ3v) is 3.49. The molecule has 1 unspecified atom stereocenters. The third-order valence-electron chi connectivity index (χ3n) is 3.49. The van der Waals surface area contributed by atoms with Crippen molar-refractivity contribution in [2.24, 2.45) is 0 Å². The molecule has 0 saturated heterocycles. The van der Waals surface area contributed by atoms with E-state index in [0.29, 0.717) is 19.4 Å². The molecule has 2 rings (SSSR count). The van der Waals surface area contributed by atoms with Gasteiger partial charge in [-0.1, -0.05) is 49.4 Å².